The number of carbonyl (C=O) groups excluding carboxylic acids is 1. The Morgan fingerprint density at radius 1 is 1.19 bits per heavy atom. The fourth-order valence-electron chi connectivity index (χ4n) is 5.34. The third kappa shape index (κ3) is 3.85. The molecule has 1 aromatic carbocycles. The maximum atomic E-state index is 14.0. The van der Waals surface area contributed by atoms with Gasteiger partial charge < -0.3 is 14.0 Å². The minimum absolute atomic E-state index is 0.125. The van der Waals surface area contributed by atoms with E-state index in [0.717, 1.165) is 48.9 Å². The first-order valence-corrected chi connectivity index (χ1v) is 11.2. The van der Waals surface area contributed by atoms with Gasteiger partial charge in [-0.15, -0.1) is 0 Å². The van der Waals surface area contributed by atoms with Crippen molar-refractivity contribution in [2.75, 3.05) is 26.3 Å². The fourth-order valence-corrected chi connectivity index (χ4v) is 5.34. The number of rotatable bonds is 4. The van der Waals surface area contributed by atoms with E-state index in [1.807, 2.05) is 35.6 Å². The molecule has 1 amide bonds. The molecule has 0 bridgehead atoms. The summed E-state index contributed by atoms with van der Waals surface area (Å²) in [5.74, 6) is 0.0194. The van der Waals surface area contributed by atoms with Gasteiger partial charge in [0.15, 0.2) is 0 Å². The molecule has 162 valence electrons. The molecule has 31 heavy (non-hydrogen) atoms. The molecule has 0 unspecified atom stereocenters. The molecule has 0 spiro atoms. The molecule has 0 radical (unpaired) electrons. The second-order valence-corrected chi connectivity index (χ2v) is 8.87. The normalized spacial score (nSPS) is 21.3. The lowest BCUT2D eigenvalue weighted by Gasteiger charge is -2.35. The predicted molar refractivity (Wildman–Crippen MR) is 116 cm³/mol. The Bertz CT molecular complexity index is 1070. The van der Waals surface area contributed by atoms with E-state index in [-0.39, 0.29) is 17.6 Å². The van der Waals surface area contributed by atoms with Crippen molar-refractivity contribution in [3.05, 3.63) is 72.1 Å². The highest BCUT2D eigenvalue weighted by molar-refractivity contribution is 5.88. The number of hydrogen-bond acceptors (Lipinski definition) is 3. The van der Waals surface area contributed by atoms with Crippen LogP contribution in [0, 0.1) is 11.7 Å². The summed E-state index contributed by atoms with van der Waals surface area (Å²) in [6.45, 7) is 2.36. The third-order valence-corrected chi connectivity index (χ3v) is 6.88. The molecule has 2 aliphatic rings. The van der Waals surface area contributed by atoms with Gasteiger partial charge in [-0.1, -0.05) is 25.0 Å². The summed E-state index contributed by atoms with van der Waals surface area (Å²) in [4.78, 5) is 20.4. The van der Waals surface area contributed by atoms with E-state index in [9.17, 15) is 9.18 Å². The van der Waals surface area contributed by atoms with Crippen LogP contribution >= 0.6 is 0 Å². The van der Waals surface area contributed by atoms with Gasteiger partial charge in [0.25, 0.3) is 0 Å². The highest BCUT2D eigenvalue weighted by Gasteiger charge is 2.45. The number of hydrogen-bond donors (Lipinski definition) is 0. The fraction of sp³-hybridized carbons (Fsp3) is 0.440. The summed E-state index contributed by atoms with van der Waals surface area (Å²) in [5, 5.41) is 0. The quantitative estimate of drug-likeness (QED) is 0.640. The second-order valence-electron chi connectivity index (χ2n) is 8.87. The Labute approximate surface area is 181 Å². The van der Waals surface area contributed by atoms with Gasteiger partial charge in [-0.2, -0.15) is 0 Å². The van der Waals surface area contributed by atoms with Gasteiger partial charge in [0.1, 0.15) is 5.82 Å². The molecule has 6 heteroatoms. The van der Waals surface area contributed by atoms with Gasteiger partial charge in [0.2, 0.25) is 5.91 Å². The van der Waals surface area contributed by atoms with E-state index in [2.05, 4.69) is 15.5 Å². The lowest BCUT2D eigenvalue weighted by Crippen LogP contribution is -2.47. The van der Waals surface area contributed by atoms with Crippen molar-refractivity contribution in [3.63, 3.8) is 0 Å². The minimum atomic E-state index is -0.614. The molecule has 1 saturated carbocycles. The van der Waals surface area contributed by atoms with E-state index >= 15 is 0 Å². The first kappa shape index (κ1) is 20.2. The van der Waals surface area contributed by atoms with Crippen LogP contribution in [0.2, 0.25) is 0 Å². The average Bonchev–Trinajstić information content (AvgIpc) is 3.41. The molecule has 3 aromatic rings. The number of nitrogens with zero attached hydrogens (tertiary/aromatic N) is 3. The Morgan fingerprint density at radius 3 is 2.90 bits per heavy atom. The van der Waals surface area contributed by atoms with Crippen LogP contribution in [0.3, 0.4) is 0 Å². The molecule has 1 atom stereocenters. The zero-order valence-electron chi connectivity index (χ0n) is 17.7. The van der Waals surface area contributed by atoms with E-state index in [0.29, 0.717) is 26.3 Å². The Morgan fingerprint density at radius 2 is 2.06 bits per heavy atom. The maximum Gasteiger partial charge on any atom is 0.233 e. The third-order valence-electron chi connectivity index (χ3n) is 6.88. The molecule has 5 rings (SSSR count). The number of amides is 1. The van der Waals surface area contributed by atoms with Gasteiger partial charge >= 0.3 is 0 Å². The zero-order valence-corrected chi connectivity index (χ0v) is 17.7. The molecule has 1 aliphatic carbocycles. The lowest BCUT2D eigenvalue weighted by molar-refractivity contribution is -0.137. The summed E-state index contributed by atoms with van der Waals surface area (Å²) in [6, 6.07) is 10.7. The molecule has 1 saturated heterocycles. The van der Waals surface area contributed by atoms with Crippen LogP contribution in [-0.4, -0.2) is 46.5 Å². The number of halogens is 1. The van der Waals surface area contributed by atoms with Crippen molar-refractivity contribution in [2.24, 2.45) is 5.92 Å². The van der Waals surface area contributed by atoms with Crippen molar-refractivity contribution in [2.45, 2.75) is 37.5 Å². The molecular weight excluding hydrogens is 393 g/mol. The van der Waals surface area contributed by atoms with E-state index in [4.69, 9.17) is 4.74 Å². The Hall–Kier alpha value is -2.73. The highest BCUT2D eigenvalue weighted by atomic mass is 19.1. The van der Waals surface area contributed by atoms with Crippen molar-refractivity contribution in [1.82, 2.24) is 14.3 Å². The topological polar surface area (TPSA) is 46.8 Å². The first-order chi connectivity index (χ1) is 15.2. The number of benzene rings is 1. The van der Waals surface area contributed by atoms with Crippen LogP contribution in [0.15, 0.2) is 55.0 Å². The van der Waals surface area contributed by atoms with Gasteiger partial charge in [-0.3, -0.25) is 9.78 Å². The minimum Gasteiger partial charge on any atom is -0.379 e. The van der Waals surface area contributed by atoms with Gasteiger partial charge in [-0.05, 0) is 49.1 Å². The summed E-state index contributed by atoms with van der Waals surface area (Å²) in [5.41, 5.74) is 2.32. The molecular formula is C25H28FN3O2. The maximum absolute atomic E-state index is 14.0. The summed E-state index contributed by atoms with van der Waals surface area (Å²) in [7, 11) is 0. The number of carbonyl (C=O) groups is 1. The van der Waals surface area contributed by atoms with Crippen molar-refractivity contribution < 1.29 is 13.9 Å². The van der Waals surface area contributed by atoms with Crippen molar-refractivity contribution >= 4 is 11.4 Å². The van der Waals surface area contributed by atoms with Crippen molar-refractivity contribution in [3.8, 4) is 0 Å². The van der Waals surface area contributed by atoms with Gasteiger partial charge in [0, 0.05) is 37.6 Å². The Balaban J connectivity index is 1.40. The molecule has 1 aliphatic heterocycles. The average molecular weight is 422 g/mol. The van der Waals surface area contributed by atoms with Crippen LogP contribution in [0.1, 0.15) is 36.9 Å². The van der Waals surface area contributed by atoms with Gasteiger partial charge in [0.05, 0.1) is 29.8 Å². The summed E-state index contributed by atoms with van der Waals surface area (Å²) >= 11 is 0. The monoisotopic (exact) mass is 421 g/mol. The number of aromatic nitrogens is 2. The smallest absolute Gasteiger partial charge is 0.233 e. The van der Waals surface area contributed by atoms with Crippen LogP contribution < -0.4 is 0 Å². The molecule has 5 nitrogen and oxygen atoms in total. The van der Waals surface area contributed by atoms with Crippen LogP contribution in [0.5, 0.6) is 0 Å². The Kier molecular flexibility index (Phi) is 5.48. The summed E-state index contributed by atoms with van der Waals surface area (Å²) in [6.07, 6.45) is 10.1. The number of fused-ring (bicyclic) bond motifs is 1. The van der Waals surface area contributed by atoms with Crippen molar-refractivity contribution in [1.29, 1.82) is 0 Å². The largest absolute Gasteiger partial charge is 0.379 e. The molecule has 0 N–H and O–H groups in total. The standard InChI is InChI=1S/C25H28FN3O2/c26-21-6-3-5-20(16-21)25(8-1-2-9-25)24(30)29-13-14-31-18-19(17-29)15-22-23-7-4-11-28(23)12-10-27-22/h3-7,10-12,16,19H,1-2,8-9,13-15,17-18H2/t19-/m1/s1. The molecule has 2 fully saturated rings. The van der Waals surface area contributed by atoms with E-state index in [1.54, 1.807) is 12.1 Å². The number of ether oxygens (including phenoxy) is 1. The highest BCUT2D eigenvalue weighted by Crippen LogP contribution is 2.43. The predicted octanol–water partition coefficient (Wildman–Crippen LogP) is 4.00. The SMILES string of the molecule is O=C(N1CCOC[C@H](Cc2nccn3cccc23)C1)C1(c2cccc(F)c2)CCCC1. The lowest BCUT2D eigenvalue weighted by atomic mass is 9.77. The first-order valence-electron chi connectivity index (χ1n) is 11.2. The molecule has 2 aromatic heterocycles. The summed E-state index contributed by atoms with van der Waals surface area (Å²) < 4.78 is 22.0. The van der Waals surface area contributed by atoms with Crippen LogP contribution in [-0.2, 0) is 21.4 Å². The zero-order chi connectivity index (χ0) is 21.3. The second kappa shape index (κ2) is 8.42. The molecule has 3 heterocycles. The van der Waals surface area contributed by atoms with Gasteiger partial charge in [-0.25, -0.2) is 4.39 Å². The van der Waals surface area contributed by atoms with E-state index in [1.165, 1.54) is 6.07 Å². The van der Waals surface area contributed by atoms with Crippen LogP contribution in [0.25, 0.3) is 5.52 Å². The van der Waals surface area contributed by atoms with Crippen LogP contribution in [0.4, 0.5) is 4.39 Å². The van der Waals surface area contributed by atoms with E-state index < -0.39 is 5.41 Å².